The lowest BCUT2D eigenvalue weighted by Gasteiger charge is -2.10. The maximum Gasteiger partial charge on any atom is 0.338 e. The molecular formula is C18H18O3. The molecule has 0 radical (unpaired) electrons. The lowest BCUT2D eigenvalue weighted by Crippen LogP contribution is -2.06. The molecule has 3 nitrogen and oxygen atoms in total. The van der Waals surface area contributed by atoms with Crippen LogP contribution in [0.15, 0.2) is 61.2 Å². The van der Waals surface area contributed by atoms with Crippen LogP contribution < -0.4 is 4.74 Å². The molecule has 108 valence electrons. The first-order valence-electron chi connectivity index (χ1n) is 6.86. The van der Waals surface area contributed by atoms with E-state index < -0.39 is 0 Å². The van der Waals surface area contributed by atoms with Crippen molar-refractivity contribution in [2.45, 2.75) is 6.92 Å². The van der Waals surface area contributed by atoms with E-state index in [1.807, 2.05) is 42.5 Å². The zero-order valence-corrected chi connectivity index (χ0v) is 12.0. The van der Waals surface area contributed by atoms with Gasteiger partial charge in [0.1, 0.15) is 12.4 Å². The maximum atomic E-state index is 12.0. The molecule has 0 aliphatic carbocycles. The van der Waals surface area contributed by atoms with Crippen molar-refractivity contribution in [1.29, 1.82) is 0 Å². The van der Waals surface area contributed by atoms with E-state index >= 15 is 0 Å². The third-order valence-electron chi connectivity index (χ3n) is 2.96. The first kappa shape index (κ1) is 14.9. The highest BCUT2D eigenvalue weighted by molar-refractivity contribution is 5.97. The lowest BCUT2D eigenvalue weighted by molar-refractivity contribution is 0.0527. The van der Waals surface area contributed by atoms with Gasteiger partial charge in [0.15, 0.2) is 0 Å². The molecule has 0 saturated heterocycles. The molecule has 2 aromatic carbocycles. The molecule has 0 saturated carbocycles. The standard InChI is InChI=1S/C18H18O3/c1-3-13-21-15-11-9-14(10-12-15)16-7-5-6-8-17(16)18(19)20-4-2/h3,5-12H,1,4,13H2,2H3. The Bertz CT molecular complexity index is 615. The van der Waals surface area contributed by atoms with Gasteiger partial charge in [-0.15, -0.1) is 0 Å². The van der Waals surface area contributed by atoms with Crippen LogP contribution in [0.4, 0.5) is 0 Å². The van der Waals surface area contributed by atoms with Crippen molar-refractivity contribution in [2.75, 3.05) is 13.2 Å². The molecule has 0 spiro atoms. The van der Waals surface area contributed by atoms with Crippen molar-refractivity contribution in [1.82, 2.24) is 0 Å². The number of ether oxygens (including phenoxy) is 2. The number of esters is 1. The molecule has 2 aromatic rings. The normalized spacial score (nSPS) is 9.95. The van der Waals surface area contributed by atoms with Gasteiger partial charge in [-0.3, -0.25) is 0 Å². The van der Waals surface area contributed by atoms with Crippen LogP contribution in [0.25, 0.3) is 11.1 Å². The molecule has 0 fully saturated rings. The van der Waals surface area contributed by atoms with Gasteiger partial charge in [0.2, 0.25) is 0 Å². The van der Waals surface area contributed by atoms with Gasteiger partial charge in [-0.05, 0) is 36.2 Å². The second-order valence-corrected chi connectivity index (χ2v) is 4.39. The lowest BCUT2D eigenvalue weighted by atomic mass is 10.00. The predicted molar refractivity (Wildman–Crippen MR) is 83.5 cm³/mol. The van der Waals surface area contributed by atoms with Crippen LogP contribution in [-0.2, 0) is 4.74 Å². The highest BCUT2D eigenvalue weighted by Crippen LogP contribution is 2.26. The average molecular weight is 282 g/mol. The van der Waals surface area contributed by atoms with Crippen LogP contribution in [0.3, 0.4) is 0 Å². The second-order valence-electron chi connectivity index (χ2n) is 4.39. The van der Waals surface area contributed by atoms with Crippen LogP contribution in [0.5, 0.6) is 5.75 Å². The van der Waals surface area contributed by atoms with Gasteiger partial charge in [-0.1, -0.05) is 43.0 Å². The number of carbonyl (C=O) groups excluding carboxylic acids is 1. The first-order valence-corrected chi connectivity index (χ1v) is 6.86. The summed E-state index contributed by atoms with van der Waals surface area (Å²) in [7, 11) is 0. The largest absolute Gasteiger partial charge is 0.490 e. The van der Waals surface area contributed by atoms with Crippen molar-refractivity contribution in [3.63, 3.8) is 0 Å². The summed E-state index contributed by atoms with van der Waals surface area (Å²) in [6, 6.07) is 15.0. The smallest absolute Gasteiger partial charge is 0.338 e. The van der Waals surface area contributed by atoms with Gasteiger partial charge < -0.3 is 9.47 Å². The van der Waals surface area contributed by atoms with E-state index in [-0.39, 0.29) is 5.97 Å². The molecule has 0 N–H and O–H groups in total. The Morgan fingerprint density at radius 2 is 1.86 bits per heavy atom. The zero-order valence-electron chi connectivity index (χ0n) is 12.0. The van der Waals surface area contributed by atoms with Crippen LogP contribution in [-0.4, -0.2) is 19.2 Å². The minimum Gasteiger partial charge on any atom is -0.490 e. The summed E-state index contributed by atoms with van der Waals surface area (Å²) in [6.07, 6.45) is 1.70. The van der Waals surface area contributed by atoms with Gasteiger partial charge in [0, 0.05) is 0 Å². The summed E-state index contributed by atoms with van der Waals surface area (Å²) in [5.74, 6) is 0.465. The summed E-state index contributed by atoms with van der Waals surface area (Å²) in [4.78, 5) is 12.0. The highest BCUT2D eigenvalue weighted by atomic mass is 16.5. The Labute approximate surface area is 124 Å². The monoisotopic (exact) mass is 282 g/mol. The fraction of sp³-hybridized carbons (Fsp3) is 0.167. The molecule has 0 amide bonds. The predicted octanol–water partition coefficient (Wildman–Crippen LogP) is 4.10. The summed E-state index contributed by atoms with van der Waals surface area (Å²) < 4.78 is 10.5. The van der Waals surface area contributed by atoms with E-state index in [1.54, 1.807) is 19.1 Å². The fourth-order valence-electron chi connectivity index (χ4n) is 2.01. The van der Waals surface area contributed by atoms with Crippen molar-refractivity contribution in [3.05, 3.63) is 66.7 Å². The van der Waals surface area contributed by atoms with E-state index in [1.165, 1.54) is 0 Å². The Hall–Kier alpha value is -2.55. The number of hydrogen-bond donors (Lipinski definition) is 0. The molecule has 3 heteroatoms. The highest BCUT2D eigenvalue weighted by Gasteiger charge is 2.13. The molecular weight excluding hydrogens is 264 g/mol. The third kappa shape index (κ3) is 3.72. The number of rotatable bonds is 6. The average Bonchev–Trinajstić information content (AvgIpc) is 2.53. The third-order valence-corrected chi connectivity index (χ3v) is 2.96. The zero-order chi connectivity index (χ0) is 15.1. The van der Waals surface area contributed by atoms with Crippen molar-refractivity contribution in [2.24, 2.45) is 0 Å². The van der Waals surface area contributed by atoms with Crippen LogP contribution in [0.1, 0.15) is 17.3 Å². The molecule has 21 heavy (non-hydrogen) atoms. The Balaban J connectivity index is 2.29. The summed E-state index contributed by atoms with van der Waals surface area (Å²) in [5.41, 5.74) is 2.37. The minimum atomic E-state index is -0.305. The minimum absolute atomic E-state index is 0.305. The number of benzene rings is 2. The molecule has 0 aliphatic rings. The van der Waals surface area contributed by atoms with Crippen molar-refractivity contribution < 1.29 is 14.3 Å². The first-order chi connectivity index (χ1) is 10.3. The number of carbonyl (C=O) groups is 1. The van der Waals surface area contributed by atoms with Crippen LogP contribution in [0.2, 0.25) is 0 Å². The Morgan fingerprint density at radius 1 is 1.14 bits per heavy atom. The molecule has 0 bridgehead atoms. The maximum absolute atomic E-state index is 12.0. The molecule has 0 aliphatic heterocycles. The van der Waals surface area contributed by atoms with E-state index in [9.17, 15) is 4.79 Å². The molecule has 2 rings (SSSR count). The van der Waals surface area contributed by atoms with E-state index in [0.717, 1.165) is 16.9 Å². The van der Waals surface area contributed by atoms with E-state index in [0.29, 0.717) is 18.8 Å². The van der Waals surface area contributed by atoms with Crippen molar-refractivity contribution >= 4 is 5.97 Å². The molecule has 0 unspecified atom stereocenters. The van der Waals surface area contributed by atoms with Gasteiger partial charge in [0.25, 0.3) is 0 Å². The van der Waals surface area contributed by atoms with Gasteiger partial charge in [0.05, 0.1) is 12.2 Å². The molecule has 0 aromatic heterocycles. The summed E-state index contributed by atoms with van der Waals surface area (Å²) in [6.45, 7) is 6.24. The molecule has 0 atom stereocenters. The van der Waals surface area contributed by atoms with Crippen LogP contribution in [0, 0.1) is 0 Å². The number of hydrogen-bond acceptors (Lipinski definition) is 3. The van der Waals surface area contributed by atoms with Gasteiger partial charge in [-0.2, -0.15) is 0 Å². The summed E-state index contributed by atoms with van der Waals surface area (Å²) in [5, 5.41) is 0. The van der Waals surface area contributed by atoms with Gasteiger partial charge in [-0.25, -0.2) is 4.79 Å². The SMILES string of the molecule is C=CCOc1ccc(-c2ccccc2C(=O)OCC)cc1. The van der Waals surface area contributed by atoms with Gasteiger partial charge >= 0.3 is 5.97 Å². The van der Waals surface area contributed by atoms with E-state index in [4.69, 9.17) is 9.47 Å². The quantitative estimate of drug-likeness (QED) is 0.591. The van der Waals surface area contributed by atoms with Crippen molar-refractivity contribution in [3.8, 4) is 16.9 Å². The molecule has 0 heterocycles. The van der Waals surface area contributed by atoms with Crippen LogP contribution >= 0.6 is 0 Å². The topological polar surface area (TPSA) is 35.5 Å². The fourth-order valence-corrected chi connectivity index (χ4v) is 2.01. The second kappa shape index (κ2) is 7.29. The van der Waals surface area contributed by atoms with E-state index in [2.05, 4.69) is 6.58 Å². The Morgan fingerprint density at radius 3 is 2.52 bits per heavy atom. The summed E-state index contributed by atoms with van der Waals surface area (Å²) >= 11 is 0. The Kier molecular flexibility index (Phi) is 5.16.